The Kier molecular flexibility index (Phi) is 4.13. The average Bonchev–Trinajstić information content (AvgIpc) is 2.72. The maximum Gasteiger partial charge on any atom is 0.169 e. The Morgan fingerprint density at radius 2 is 2.19 bits per heavy atom. The van der Waals surface area contributed by atoms with Gasteiger partial charge in [-0.1, -0.05) is 6.07 Å². The molecule has 4 heteroatoms. The van der Waals surface area contributed by atoms with E-state index in [-0.39, 0.29) is 0 Å². The van der Waals surface area contributed by atoms with Gasteiger partial charge in [-0.2, -0.15) is 0 Å². The van der Waals surface area contributed by atoms with Crippen LogP contribution in [0, 0.1) is 0 Å². The second-order valence-electron chi connectivity index (χ2n) is 3.45. The van der Waals surface area contributed by atoms with Gasteiger partial charge in [0.25, 0.3) is 0 Å². The van der Waals surface area contributed by atoms with Gasteiger partial charge in [0, 0.05) is 25.7 Å². The molecular formula is C12H13BrN2O. The zero-order valence-corrected chi connectivity index (χ0v) is 10.4. The van der Waals surface area contributed by atoms with Gasteiger partial charge in [0.1, 0.15) is 5.76 Å². The lowest BCUT2D eigenvalue weighted by atomic mass is 10.3. The summed E-state index contributed by atoms with van der Waals surface area (Å²) >= 11 is 3.28. The number of halogens is 1. The molecule has 0 atom stereocenters. The molecule has 1 N–H and O–H groups in total. The van der Waals surface area contributed by atoms with E-state index in [9.17, 15) is 0 Å². The lowest BCUT2D eigenvalue weighted by Gasteiger charge is -2.02. The van der Waals surface area contributed by atoms with Crippen LogP contribution in [-0.4, -0.2) is 11.5 Å². The molecule has 0 saturated carbocycles. The van der Waals surface area contributed by atoms with Gasteiger partial charge in [-0.3, -0.25) is 4.98 Å². The van der Waals surface area contributed by atoms with E-state index in [0.717, 1.165) is 35.6 Å². The lowest BCUT2D eigenvalue weighted by molar-refractivity contribution is 0.479. The van der Waals surface area contributed by atoms with Crippen molar-refractivity contribution in [2.75, 3.05) is 6.54 Å². The highest BCUT2D eigenvalue weighted by atomic mass is 79.9. The molecule has 0 fully saturated rings. The number of nitrogens with one attached hydrogen (secondary N) is 1. The predicted octanol–water partition coefficient (Wildman–Crippen LogP) is 2.77. The molecule has 0 aromatic carbocycles. The molecule has 0 bridgehead atoms. The van der Waals surface area contributed by atoms with Crippen molar-refractivity contribution in [3.63, 3.8) is 0 Å². The highest BCUT2D eigenvalue weighted by Gasteiger charge is 1.99. The molecule has 0 aliphatic heterocycles. The third-order valence-corrected chi connectivity index (χ3v) is 2.64. The third kappa shape index (κ3) is 3.47. The van der Waals surface area contributed by atoms with Crippen LogP contribution >= 0.6 is 15.9 Å². The molecule has 0 amide bonds. The quantitative estimate of drug-likeness (QED) is 0.856. The number of furan rings is 1. The molecule has 0 radical (unpaired) electrons. The van der Waals surface area contributed by atoms with E-state index < -0.39 is 0 Å². The number of aromatic nitrogens is 1. The van der Waals surface area contributed by atoms with E-state index in [2.05, 4.69) is 26.2 Å². The first kappa shape index (κ1) is 11.4. The fourth-order valence-corrected chi connectivity index (χ4v) is 1.76. The van der Waals surface area contributed by atoms with Crippen molar-refractivity contribution in [3.05, 3.63) is 52.7 Å². The second-order valence-corrected chi connectivity index (χ2v) is 4.24. The number of hydrogen-bond acceptors (Lipinski definition) is 3. The summed E-state index contributed by atoms with van der Waals surface area (Å²) in [6.07, 6.45) is 2.69. The van der Waals surface area contributed by atoms with Crippen LogP contribution in [0.25, 0.3) is 0 Å². The molecule has 0 saturated heterocycles. The molecule has 2 aromatic heterocycles. The maximum absolute atomic E-state index is 5.40. The van der Waals surface area contributed by atoms with Crippen LogP contribution in [0.3, 0.4) is 0 Å². The Bertz CT molecular complexity index is 428. The van der Waals surface area contributed by atoms with E-state index in [0.29, 0.717) is 0 Å². The molecule has 0 unspecified atom stereocenters. The van der Waals surface area contributed by atoms with Crippen molar-refractivity contribution in [1.82, 2.24) is 10.3 Å². The van der Waals surface area contributed by atoms with Gasteiger partial charge in [0.05, 0.1) is 5.69 Å². The highest BCUT2D eigenvalue weighted by Crippen LogP contribution is 2.13. The maximum atomic E-state index is 5.40. The predicted molar refractivity (Wildman–Crippen MR) is 66.1 cm³/mol. The smallest absolute Gasteiger partial charge is 0.169 e. The van der Waals surface area contributed by atoms with E-state index in [1.54, 1.807) is 6.20 Å². The molecule has 3 nitrogen and oxygen atoms in total. The van der Waals surface area contributed by atoms with Gasteiger partial charge in [-0.25, -0.2) is 0 Å². The standard InChI is InChI=1S/C12H13BrN2O/c13-12-5-4-11(16-12)6-8-14-9-10-3-1-2-7-15-10/h1-5,7,14H,6,8-9H2. The summed E-state index contributed by atoms with van der Waals surface area (Å²) in [6, 6.07) is 9.81. The zero-order valence-electron chi connectivity index (χ0n) is 8.82. The topological polar surface area (TPSA) is 38.1 Å². The van der Waals surface area contributed by atoms with E-state index in [4.69, 9.17) is 4.42 Å². The van der Waals surface area contributed by atoms with Gasteiger partial charge >= 0.3 is 0 Å². The van der Waals surface area contributed by atoms with Crippen molar-refractivity contribution in [1.29, 1.82) is 0 Å². The Hall–Kier alpha value is -1.13. The average molecular weight is 281 g/mol. The van der Waals surface area contributed by atoms with Crippen molar-refractivity contribution in [2.45, 2.75) is 13.0 Å². The number of nitrogens with zero attached hydrogens (tertiary/aromatic N) is 1. The third-order valence-electron chi connectivity index (χ3n) is 2.21. The summed E-state index contributed by atoms with van der Waals surface area (Å²) in [7, 11) is 0. The fraction of sp³-hybridized carbons (Fsp3) is 0.250. The first-order chi connectivity index (χ1) is 7.84. The summed E-state index contributed by atoms with van der Waals surface area (Å²) < 4.78 is 6.18. The molecule has 84 valence electrons. The first-order valence-corrected chi connectivity index (χ1v) is 5.99. The highest BCUT2D eigenvalue weighted by molar-refractivity contribution is 9.10. The monoisotopic (exact) mass is 280 g/mol. The van der Waals surface area contributed by atoms with Crippen LogP contribution in [0.15, 0.2) is 45.6 Å². The summed E-state index contributed by atoms with van der Waals surface area (Å²) in [6.45, 7) is 1.68. The van der Waals surface area contributed by atoms with Gasteiger partial charge in [-0.05, 0) is 40.2 Å². The molecule has 0 aliphatic carbocycles. The molecule has 2 heterocycles. The minimum atomic E-state index is 0.784. The van der Waals surface area contributed by atoms with Gasteiger partial charge in [0.15, 0.2) is 4.67 Å². The van der Waals surface area contributed by atoms with Crippen LogP contribution in [0.2, 0.25) is 0 Å². The number of hydrogen-bond donors (Lipinski definition) is 1. The second kappa shape index (κ2) is 5.82. The minimum Gasteiger partial charge on any atom is -0.454 e. The van der Waals surface area contributed by atoms with Crippen LogP contribution in [0.4, 0.5) is 0 Å². The van der Waals surface area contributed by atoms with Gasteiger partial charge in [-0.15, -0.1) is 0 Å². The van der Waals surface area contributed by atoms with Crippen molar-refractivity contribution in [3.8, 4) is 0 Å². The van der Waals surface area contributed by atoms with E-state index >= 15 is 0 Å². The molecule has 0 spiro atoms. The largest absolute Gasteiger partial charge is 0.454 e. The van der Waals surface area contributed by atoms with Crippen molar-refractivity contribution < 1.29 is 4.42 Å². The Morgan fingerprint density at radius 1 is 1.25 bits per heavy atom. The summed E-state index contributed by atoms with van der Waals surface area (Å²) in [5.41, 5.74) is 1.06. The number of pyridine rings is 1. The minimum absolute atomic E-state index is 0.784. The Labute approximate surface area is 103 Å². The molecule has 2 rings (SSSR count). The van der Waals surface area contributed by atoms with Crippen LogP contribution < -0.4 is 5.32 Å². The molecule has 2 aromatic rings. The van der Waals surface area contributed by atoms with Gasteiger partial charge < -0.3 is 9.73 Å². The number of rotatable bonds is 5. The van der Waals surface area contributed by atoms with E-state index in [1.807, 2.05) is 30.3 Å². The van der Waals surface area contributed by atoms with Crippen molar-refractivity contribution >= 4 is 15.9 Å². The summed E-state index contributed by atoms with van der Waals surface area (Å²) in [5, 5.41) is 3.32. The van der Waals surface area contributed by atoms with Gasteiger partial charge in [0.2, 0.25) is 0 Å². The first-order valence-electron chi connectivity index (χ1n) is 5.19. The molecule has 0 aliphatic rings. The summed E-state index contributed by atoms with van der Waals surface area (Å²) in [4.78, 5) is 4.23. The Balaban J connectivity index is 1.69. The lowest BCUT2D eigenvalue weighted by Crippen LogP contribution is -2.17. The van der Waals surface area contributed by atoms with Crippen LogP contribution in [0.1, 0.15) is 11.5 Å². The van der Waals surface area contributed by atoms with Crippen LogP contribution in [-0.2, 0) is 13.0 Å². The normalized spacial score (nSPS) is 10.6. The molecular weight excluding hydrogens is 268 g/mol. The Morgan fingerprint density at radius 3 is 2.88 bits per heavy atom. The zero-order chi connectivity index (χ0) is 11.2. The van der Waals surface area contributed by atoms with Crippen LogP contribution in [0.5, 0.6) is 0 Å². The fourth-order valence-electron chi connectivity index (χ4n) is 1.42. The van der Waals surface area contributed by atoms with Crippen molar-refractivity contribution in [2.24, 2.45) is 0 Å². The summed E-state index contributed by atoms with van der Waals surface area (Å²) in [5.74, 6) is 0.986. The van der Waals surface area contributed by atoms with E-state index in [1.165, 1.54) is 0 Å². The SMILES string of the molecule is Brc1ccc(CCNCc2ccccn2)o1. The molecule has 16 heavy (non-hydrogen) atoms.